The number of nitrogens with two attached hydrogens (primary N) is 2. The Morgan fingerprint density at radius 2 is 1.95 bits per heavy atom. The van der Waals surface area contributed by atoms with Crippen molar-refractivity contribution in [2.45, 2.75) is 18.9 Å². The molecular weight excluding hydrogens is 265 g/mol. The molecule has 0 aliphatic heterocycles. The van der Waals surface area contributed by atoms with Crippen molar-refractivity contribution in [3.05, 3.63) is 58.6 Å². The van der Waals surface area contributed by atoms with Crippen molar-refractivity contribution in [2.75, 3.05) is 5.73 Å². The first-order chi connectivity index (χ1) is 9.06. The van der Waals surface area contributed by atoms with Crippen LogP contribution in [-0.2, 0) is 12.8 Å². The van der Waals surface area contributed by atoms with Gasteiger partial charge in [0.2, 0.25) is 0 Å². The molecular formula is C14H15ClFN3. The second-order valence-corrected chi connectivity index (χ2v) is 4.89. The molecule has 1 aromatic carbocycles. The molecule has 1 unspecified atom stereocenters. The zero-order chi connectivity index (χ0) is 13.8. The van der Waals surface area contributed by atoms with Crippen LogP contribution in [0.2, 0.25) is 5.02 Å². The molecule has 0 bridgehead atoms. The Balaban J connectivity index is 2.05. The standard InChI is InChI=1S/C14H15ClFN3/c15-13-7-11(16)2-1-9(13)5-12(17)6-10-8-19-4-3-14(10)18/h1-4,7-8,12H,5-6,17H2,(H2,18,19). The Bertz CT molecular complexity index is 574. The molecule has 100 valence electrons. The molecule has 1 heterocycles. The highest BCUT2D eigenvalue weighted by atomic mass is 35.5. The average Bonchev–Trinajstić information content (AvgIpc) is 2.36. The van der Waals surface area contributed by atoms with E-state index in [1.165, 1.54) is 12.1 Å². The number of rotatable bonds is 4. The molecule has 0 spiro atoms. The third-order valence-corrected chi connectivity index (χ3v) is 3.27. The lowest BCUT2D eigenvalue weighted by Gasteiger charge is -2.14. The number of pyridine rings is 1. The van der Waals surface area contributed by atoms with Crippen molar-refractivity contribution in [1.29, 1.82) is 0 Å². The van der Waals surface area contributed by atoms with E-state index in [1.807, 2.05) is 0 Å². The van der Waals surface area contributed by atoms with Crippen LogP contribution in [0, 0.1) is 5.82 Å². The van der Waals surface area contributed by atoms with E-state index in [1.54, 1.807) is 24.5 Å². The van der Waals surface area contributed by atoms with Gasteiger partial charge in [-0.15, -0.1) is 0 Å². The van der Waals surface area contributed by atoms with Gasteiger partial charge in [0.1, 0.15) is 5.82 Å². The minimum atomic E-state index is -0.348. The highest BCUT2D eigenvalue weighted by molar-refractivity contribution is 6.31. The summed E-state index contributed by atoms with van der Waals surface area (Å²) in [5.41, 5.74) is 14.3. The maximum atomic E-state index is 12.9. The maximum absolute atomic E-state index is 12.9. The summed E-state index contributed by atoms with van der Waals surface area (Å²) in [5.74, 6) is -0.348. The van der Waals surface area contributed by atoms with Crippen molar-refractivity contribution in [3.8, 4) is 0 Å². The number of hydrogen-bond donors (Lipinski definition) is 2. The van der Waals surface area contributed by atoms with E-state index in [0.29, 0.717) is 23.6 Å². The Labute approximate surface area is 116 Å². The predicted molar refractivity (Wildman–Crippen MR) is 75.4 cm³/mol. The topological polar surface area (TPSA) is 64.9 Å². The van der Waals surface area contributed by atoms with Crippen LogP contribution in [0.25, 0.3) is 0 Å². The fraction of sp³-hybridized carbons (Fsp3) is 0.214. The second kappa shape index (κ2) is 5.99. The molecule has 0 radical (unpaired) electrons. The highest BCUT2D eigenvalue weighted by Crippen LogP contribution is 2.20. The molecule has 0 saturated heterocycles. The number of halogens is 2. The molecule has 0 amide bonds. The molecule has 5 heteroatoms. The van der Waals surface area contributed by atoms with Gasteiger partial charge in [0, 0.05) is 29.1 Å². The van der Waals surface area contributed by atoms with E-state index in [2.05, 4.69) is 4.98 Å². The molecule has 2 aromatic rings. The SMILES string of the molecule is Nc1ccncc1CC(N)Cc1ccc(F)cc1Cl. The quantitative estimate of drug-likeness (QED) is 0.904. The van der Waals surface area contributed by atoms with Gasteiger partial charge in [-0.3, -0.25) is 4.98 Å². The summed E-state index contributed by atoms with van der Waals surface area (Å²) in [5, 5.41) is 0.398. The van der Waals surface area contributed by atoms with Crippen molar-refractivity contribution in [1.82, 2.24) is 4.98 Å². The van der Waals surface area contributed by atoms with E-state index < -0.39 is 0 Å². The van der Waals surface area contributed by atoms with Gasteiger partial charge in [-0.05, 0) is 42.2 Å². The lowest BCUT2D eigenvalue weighted by molar-refractivity contribution is 0.623. The molecule has 3 nitrogen and oxygen atoms in total. The molecule has 0 aliphatic carbocycles. The van der Waals surface area contributed by atoms with Crippen LogP contribution in [0.5, 0.6) is 0 Å². The summed E-state index contributed by atoms with van der Waals surface area (Å²) in [6.45, 7) is 0. The lowest BCUT2D eigenvalue weighted by Crippen LogP contribution is -2.26. The Morgan fingerprint density at radius 3 is 2.63 bits per heavy atom. The van der Waals surface area contributed by atoms with Gasteiger partial charge in [0.15, 0.2) is 0 Å². The molecule has 4 N–H and O–H groups in total. The third kappa shape index (κ3) is 3.66. The Hall–Kier alpha value is -1.65. The Kier molecular flexibility index (Phi) is 4.35. The molecule has 1 aromatic heterocycles. The Morgan fingerprint density at radius 1 is 1.21 bits per heavy atom. The number of anilines is 1. The fourth-order valence-electron chi connectivity index (χ4n) is 1.93. The number of benzene rings is 1. The highest BCUT2D eigenvalue weighted by Gasteiger charge is 2.10. The number of hydrogen-bond acceptors (Lipinski definition) is 3. The van der Waals surface area contributed by atoms with Crippen LogP contribution < -0.4 is 11.5 Å². The van der Waals surface area contributed by atoms with Gasteiger partial charge < -0.3 is 11.5 Å². The first-order valence-electron chi connectivity index (χ1n) is 5.94. The molecule has 0 fully saturated rings. The lowest BCUT2D eigenvalue weighted by atomic mass is 10.00. The van der Waals surface area contributed by atoms with Gasteiger partial charge in [-0.1, -0.05) is 17.7 Å². The minimum Gasteiger partial charge on any atom is -0.398 e. The van der Waals surface area contributed by atoms with Crippen LogP contribution in [0.15, 0.2) is 36.7 Å². The van der Waals surface area contributed by atoms with Gasteiger partial charge in [0.25, 0.3) is 0 Å². The number of aromatic nitrogens is 1. The molecule has 1 atom stereocenters. The van der Waals surface area contributed by atoms with Crippen LogP contribution >= 0.6 is 11.6 Å². The summed E-state index contributed by atoms with van der Waals surface area (Å²) >= 11 is 5.98. The van der Waals surface area contributed by atoms with Gasteiger partial charge >= 0.3 is 0 Å². The van der Waals surface area contributed by atoms with E-state index in [4.69, 9.17) is 23.1 Å². The van der Waals surface area contributed by atoms with E-state index in [0.717, 1.165) is 11.1 Å². The molecule has 19 heavy (non-hydrogen) atoms. The van der Waals surface area contributed by atoms with Gasteiger partial charge in [-0.25, -0.2) is 4.39 Å². The first-order valence-corrected chi connectivity index (χ1v) is 6.32. The van der Waals surface area contributed by atoms with Crippen LogP contribution in [-0.4, -0.2) is 11.0 Å². The predicted octanol–water partition coefficient (Wildman–Crippen LogP) is 2.57. The monoisotopic (exact) mass is 279 g/mol. The largest absolute Gasteiger partial charge is 0.398 e. The first kappa shape index (κ1) is 13.8. The maximum Gasteiger partial charge on any atom is 0.124 e. The normalized spacial score (nSPS) is 12.4. The van der Waals surface area contributed by atoms with E-state index in [-0.39, 0.29) is 11.9 Å². The van der Waals surface area contributed by atoms with Crippen LogP contribution in [0.3, 0.4) is 0 Å². The fourth-order valence-corrected chi connectivity index (χ4v) is 2.18. The smallest absolute Gasteiger partial charge is 0.124 e. The van der Waals surface area contributed by atoms with E-state index in [9.17, 15) is 4.39 Å². The van der Waals surface area contributed by atoms with Crippen molar-refractivity contribution >= 4 is 17.3 Å². The summed E-state index contributed by atoms with van der Waals surface area (Å²) in [6, 6.07) is 5.93. The van der Waals surface area contributed by atoms with Crippen molar-refractivity contribution < 1.29 is 4.39 Å². The summed E-state index contributed by atoms with van der Waals surface area (Å²) in [6.07, 6.45) is 4.52. The molecule has 2 rings (SSSR count). The van der Waals surface area contributed by atoms with E-state index >= 15 is 0 Å². The molecule has 0 aliphatic rings. The zero-order valence-corrected chi connectivity index (χ0v) is 11.1. The third-order valence-electron chi connectivity index (χ3n) is 2.92. The number of nitrogen functional groups attached to an aromatic ring is 1. The average molecular weight is 280 g/mol. The van der Waals surface area contributed by atoms with Crippen LogP contribution in [0.4, 0.5) is 10.1 Å². The summed E-state index contributed by atoms with van der Waals surface area (Å²) < 4.78 is 12.9. The number of nitrogens with zero attached hydrogens (tertiary/aromatic N) is 1. The molecule has 0 saturated carbocycles. The van der Waals surface area contributed by atoms with Gasteiger partial charge in [-0.2, -0.15) is 0 Å². The zero-order valence-electron chi connectivity index (χ0n) is 10.3. The summed E-state index contributed by atoms with van der Waals surface area (Å²) in [4.78, 5) is 4.02. The van der Waals surface area contributed by atoms with Crippen molar-refractivity contribution in [2.24, 2.45) is 5.73 Å². The van der Waals surface area contributed by atoms with Gasteiger partial charge in [0.05, 0.1) is 0 Å². The minimum absolute atomic E-state index is 0.144. The second-order valence-electron chi connectivity index (χ2n) is 4.48. The summed E-state index contributed by atoms with van der Waals surface area (Å²) in [7, 11) is 0. The van der Waals surface area contributed by atoms with Crippen molar-refractivity contribution in [3.63, 3.8) is 0 Å². The van der Waals surface area contributed by atoms with Crippen LogP contribution in [0.1, 0.15) is 11.1 Å².